The minimum absolute atomic E-state index is 0.518. The first-order valence-corrected chi connectivity index (χ1v) is 11.1. The summed E-state index contributed by atoms with van der Waals surface area (Å²) >= 11 is 0. The highest BCUT2D eigenvalue weighted by Crippen LogP contribution is 2.38. The number of nitrogens with one attached hydrogen (secondary N) is 2. The zero-order valence-electron chi connectivity index (χ0n) is 19.6. The van der Waals surface area contributed by atoms with E-state index in [1.807, 2.05) is 12.1 Å². The Bertz CT molecular complexity index is 647. The molecule has 0 aliphatic carbocycles. The third kappa shape index (κ3) is 6.97. The van der Waals surface area contributed by atoms with Crippen LogP contribution in [0.15, 0.2) is 17.1 Å². The maximum absolute atomic E-state index is 5.46. The summed E-state index contributed by atoms with van der Waals surface area (Å²) in [6, 6.07) is 4.43. The Morgan fingerprint density at radius 1 is 1.03 bits per heavy atom. The van der Waals surface area contributed by atoms with E-state index in [-0.39, 0.29) is 0 Å². The highest BCUT2D eigenvalue weighted by molar-refractivity contribution is 5.79. The SMILES string of the molecule is CCNC(=NCc1cc(OC)c(OC)c(OC)c1)NCC(CC(C)C)N1CCCC1. The summed E-state index contributed by atoms with van der Waals surface area (Å²) in [5, 5.41) is 6.93. The van der Waals surface area contributed by atoms with Crippen LogP contribution in [0.25, 0.3) is 0 Å². The van der Waals surface area contributed by atoms with E-state index in [0.717, 1.165) is 24.6 Å². The maximum atomic E-state index is 5.46. The van der Waals surface area contributed by atoms with Gasteiger partial charge < -0.3 is 24.8 Å². The highest BCUT2D eigenvalue weighted by atomic mass is 16.5. The molecule has 0 bridgehead atoms. The average molecular weight is 421 g/mol. The molecule has 1 heterocycles. The molecule has 7 heteroatoms. The molecule has 30 heavy (non-hydrogen) atoms. The van der Waals surface area contributed by atoms with Gasteiger partial charge in [0.05, 0.1) is 27.9 Å². The van der Waals surface area contributed by atoms with Crippen LogP contribution in [0.3, 0.4) is 0 Å². The summed E-state index contributed by atoms with van der Waals surface area (Å²) in [5.74, 6) is 3.40. The molecule has 1 fully saturated rings. The fourth-order valence-electron chi connectivity index (χ4n) is 3.97. The normalized spacial score (nSPS) is 15.9. The van der Waals surface area contributed by atoms with Gasteiger partial charge in [0.25, 0.3) is 0 Å². The van der Waals surface area contributed by atoms with Crippen LogP contribution < -0.4 is 24.8 Å². The summed E-state index contributed by atoms with van der Waals surface area (Å²) in [6.07, 6.45) is 3.81. The first kappa shape index (κ1) is 24.1. The van der Waals surface area contributed by atoms with Crippen LogP contribution in [0, 0.1) is 5.92 Å². The van der Waals surface area contributed by atoms with Crippen molar-refractivity contribution < 1.29 is 14.2 Å². The number of likely N-dealkylation sites (tertiary alicyclic amines) is 1. The van der Waals surface area contributed by atoms with E-state index >= 15 is 0 Å². The Morgan fingerprint density at radius 3 is 2.17 bits per heavy atom. The molecule has 0 saturated carbocycles. The first-order valence-electron chi connectivity index (χ1n) is 11.1. The summed E-state index contributed by atoms with van der Waals surface area (Å²) in [6.45, 7) is 11.3. The molecule has 0 radical (unpaired) electrons. The molecular weight excluding hydrogens is 380 g/mol. The lowest BCUT2D eigenvalue weighted by Gasteiger charge is -2.29. The van der Waals surface area contributed by atoms with E-state index in [4.69, 9.17) is 19.2 Å². The largest absolute Gasteiger partial charge is 0.493 e. The summed E-state index contributed by atoms with van der Waals surface area (Å²) in [4.78, 5) is 7.41. The molecule has 1 saturated heterocycles. The number of rotatable bonds is 11. The number of benzene rings is 1. The number of ether oxygens (including phenoxy) is 3. The fraction of sp³-hybridized carbons (Fsp3) is 0.696. The van der Waals surface area contributed by atoms with Crippen LogP contribution in [0.1, 0.15) is 45.6 Å². The van der Waals surface area contributed by atoms with Crippen LogP contribution in [0.5, 0.6) is 17.2 Å². The summed E-state index contributed by atoms with van der Waals surface area (Å²) in [5.41, 5.74) is 1.000. The lowest BCUT2D eigenvalue weighted by molar-refractivity contribution is 0.213. The molecule has 1 aliphatic heterocycles. The van der Waals surface area contributed by atoms with Gasteiger partial charge in [-0.1, -0.05) is 13.8 Å². The van der Waals surface area contributed by atoms with Crippen molar-refractivity contribution in [2.45, 2.75) is 52.6 Å². The molecule has 1 aromatic carbocycles. The topological polar surface area (TPSA) is 67.4 Å². The number of nitrogens with zero attached hydrogens (tertiary/aromatic N) is 2. The molecule has 0 aromatic heterocycles. The number of guanidine groups is 1. The number of aliphatic imine (C=N–C) groups is 1. The zero-order valence-corrected chi connectivity index (χ0v) is 19.6. The van der Waals surface area contributed by atoms with Crippen LogP contribution in [-0.2, 0) is 6.54 Å². The second-order valence-electron chi connectivity index (χ2n) is 8.14. The zero-order chi connectivity index (χ0) is 21.9. The van der Waals surface area contributed by atoms with Gasteiger partial charge in [-0.15, -0.1) is 0 Å². The standard InChI is InChI=1S/C23H40N4O3/c1-7-24-23(26-16-19(12-17(2)3)27-10-8-9-11-27)25-15-18-13-20(28-4)22(30-6)21(14-18)29-5/h13-14,17,19H,7-12,15-16H2,1-6H3,(H2,24,25,26). The lowest BCUT2D eigenvalue weighted by Crippen LogP contribution is -2.47. The van der Waals surface area contributed by atoms with Crippen LogP contribution >= 0.6 is 0 Å². The minimum Gasteiger partial charge on any atom is -0.493 e. The Labute approximate surface area is 182 Å². The van der Waals surface area contributed by atoms with Crippen molar-refractivity contribution in [3.8, 4) is 17.2 Å². The van der Waals surface area contributed by atoms with Gasteiger partial charge in [0.1, 0.15) is 0 Å². The van der Waals surface area contributed by atoms with Gasteiger partial charge in [0.2, 0.25) is 5.75 Å². The molecular formula is C23H40N4O3. The molecule has 1 atom stereocenters. The predicted molar refractivity (Wildman–Crippen MR) is 123 cm³/mol. The Balaban J connectivity index is 2.09. The van der Waals surface area contributed by atoms with Gasteiger partial charge >= 0.3 is 0 Å². The first-order chi connectivity index (χ1) is 14.5. The van der Waals surface area contributed by atoms with Crippen molar-refractivity contribution in [3.63, 3.8) is 0 Å². The second-order valence-corrected chi connectivity index (χ2v) is 8.14. The van der Waals surface area contributed by atoms with Crippen LogP contribution in [0.4, 0.5) is 0 Å². The monoisotopic (exact) mass is 420 g/mol. The van der Waals surface area contributed by atoms with Crippen molar-refractivity contribution in [2.24, 2.45) is 10.9 Å². The van der Waals surface area contributed by atoms with E-state index < -0.39 is 0 Å². The third-order valence-electron chi connectivity index (χ3n) is 5.39. The molecule has 1 aliphatic rings. The van der Waals surface area contributed by atoms with Gasteiger partial charge in [0, 0.05) is 19.1 Å². The van der Waals surface area contributed by atoms with E-state index in [9.17, 15) is 0 Å². The highest BCUT2D eigenvalue weighted by Gasteiger charge is 2.23. The van der Waals surface area contributed by atoms with Gasteiger partial charge in [-0.25, -0.2) is 4.99 Å². The molecule has 1 unspecified atom stereocenters. The maximum Gasteiger partial charge on any atom is 0.203 e. The third-order valence-corrected chi connectivity index (χ3v) is 5.39. The van der Waals surface area contributed by atoms with Gasteiger partial charge in [0.15, 0.2) is 17.5 Å². The van der Waals surface area contributed by atoms with Gasteiger partial charge in [-0.3, -0.25) is 4.90 Å². The lowest BCUT2D eigenvalue weighted by atomic mass is 10.0. The van der Waals surface area contributed by atoms with Crippen molar-refractivity contribution in [2.75, 3.05) is 47.5 Å². The Kier molecular flexibility index (Phi) is 10.1. The van der Waals surface area contributed by atoms with Crippen LogP contribution in [-0.4, -0.2) is 64.4 Å². The van der Waals surface area contributed by atoms with Crippen molar-refractivity contribution in [1.82, 2.24) is 15.5 Å². The molecule has 170 valence electrons. The molecule has 0 amide bonds. The quantitative estimate of drug-likeness (QED) is 0.423. The number of hydrogen-bond acceptors (Lipinski definition) is 5. The average Bonchev–Trinajstić information content (AvgIpc) is 3.28. The molecule has 7 nitrogen and oxygen atoms in total. The number of hydrogen-bond donors (Lipinski definition) is 2. The van der Waals surface area contributed by atoms with E-state index in [1.165, 1.54) is 32.4 Å². The van der Waals surface area contributed by atoms with E-state index in [1.54, 1.807) is 21.3 Å². The molecule has 2 rings (SSSR count). The Morgan fingerprint density at radius 2 is 1.67 bits per heavy atom. The second kappa shape index (κ2) is 12.5. The van der Waals surface area contributed by atoms with Crippen molar-refractivity contribution in [1.29, 1.82) is 0 Å². The predicted octanol–water partition coefficient (Wildman–Crippen LogP) is 3.28. The van der Waals surface area contributed by atoms with Gasteiger partial charge in [-0.2, -0.15) is 0 Å². The Hall–Kier alpha value is -2.15. The fourth-order valence-corrected chi connectivity index (χ4v) is 3.97. The minimum atomic E-state index is 0.518. The number of methoxy groups -OCH3 is 3. The van der Waals surface area contributed by atoms with E-state index in [0.29, 0.717) is 35.8 Å². The molecule has 2 N–H and O–H groups in total. The summed E-state index contributed by atoms with van der Waals surface area (Å²) in [7, 11) is 4.87. The van der Waals surface area contributed by atoms with Crippen molar-refractivity contribution >= 4 is 5.96 Å². The molecule has 1 aromatic rings. The van der Waals surface area contributed by atoms with Crippen LogP contribution in [0.2, 0.25) is 0 Å². The smallest absolute Gasteiger partial charge is 0.203 e. The van der Waals surface area contributed by atoms with E-state index in [2.05, 4.69) is 36.3 Å². The van der Waals surface area contributed by atoms with Gasteiger partial charge in [-0.05, 0) is 62.9 Å². The summed E-state index contributed by atoms with van der Waals surface area (Å²) < 4.78 is 16.3. The van der Waals surface area contributed by atoms with Crippen molar-refractivity contribution in [3.05, 3.63) is 17.7 Å². The molecule has 0 spiro atoms.